The Balaban J connectivity index is 1.04. The summed E-state index contributed by atoms with van der Waals surface area (Å²) < 4.78 is 15.5. The molecule has 0 aliphatic carbocycles. The molecular weight excluding hydrogens is 498 g/mol. The third-order valence-electron chi connectivity index (χ3n) is 7.04. The molecule has 2 saturated heterocycles. The van der Waals surface area contributed by atoms with Crippen LogP contribution in [0.3, 0.4) is 0 Å². The van der Waals surface area contributed by atoms with Gasteiger partial charge in [0.15, 0.2) is 11.5 Å². The van der Waals surface area contributed by atoms with Crippen molar-refractivity contribution in [3.8, 4) is 11.5 Å². The van der Waals surface area contributed by atoms with Gasteiger partial charge in [-0.1, -0.05) is 29.8 Å². The van der Waals surface area contributed by atoms with E-state index in [-0.39, 0.29) is 11.9 Å². The lowest BCUT2D eigenvalue weighted by molar-refractivity contribution is -0.134. The summed E-state index contributed by atoms with van der Waals surface area (Å²) in [6.07, 6.45) is 2.51. The number of benzene rings is 2. The number of ether oxygens (including phenoxy) is 2. The van der Waals surface area contributed by atoms with Gasteiger partial charge in [-0.05, 0) is 48.2 Å². The van der Waals surface area contributed by atoms with E-state index in [9.17, 15) is 4.79 Å². The standard InChI is InChI=1S/C26H28ClN5O3S/c27-20-6-3-18(4-7-20)15-24-28-26(36-29-24)32-9-1-2-21(32)25(33)31-12-10-30(11-13-31)16-19-5-8-22-23(14-19)35-17-34-22/h3-8,14,21H,1-2,9-13,15-17H2. The topological polar surface area (TPSA) is 71.0 Å². The minimum atomic E-state index is -0.151. The van der Waals surface area contributed by atoms with Gasteiger partial charge >= 0.3 is 0 Å². The second-order valence-corrected chi connectivity index (χ2v) is 10.6. The van der Waals surface area contributed by atoms with Crippen LogP contribution in [0.5, 0.6) is 11.5 Å². The van der Waals surface area contributed by atoms with Gasteiger partial charge < -0.3 is 19.3 Å². The van der Waals surface area contributed by atoms with Crippen molar-refractivity contribution in [2.75, 3.05) is 44.4 Å². The normalized spacial score (nSPS) is 19.8. The Kier molecular flexibility index (Phi) is 6.69. The van der Waals surface area contributed by atoms with Crippen molar-refractivity contribution in [1.82, 2.24) is 19.2 Å². The molecule has 4 heterocycles. The summed E-state index contributed by atoms with van der Waals surface area (Å²) in [5.41, 5.74) is 2.32. The van der Waals surface area contributed by atoms with Gasteiger partial charge in [-0.15, -0.1) is 0 Å². The van der Waals surface area contributed by atoms with Gasteiger partial charge in [0.2, 0.25) is 17.8 Å². The number of amides is 1. The predicted molar refractivity (Wildman–Crippen MR) is 139 cm³/mol. The Morgan fingerprint density at radius 1 is 1.00 bits per heavy atom. The average molecular weight is 526 g/mol. The molecular formula is C26H28ClN5O3S. The molecule has 3 aromatic rings. The molecule has 1 unspecified atom stereocenters. The molecule has 3 aliphatic rings. The maximum atomic E-state index is 13.5. The summed E-state index contributed by atoms with van der Waals surface area (Å²) >= 11 is 7.38. The number of hydrogen-bond donors (Lipinski definition) is 0. The van der Waals surface area contributed by atoms with Crippen molar-refractivity contribution in [3.63, 3.8) is 0 Å². The molecule has 0 radical (unpaired) electrons. The number of piperazine rings is 1. The number of anilines is 1. The lowest BCUT2D eigenvalue weighted by atomic mass is 10.1. The zero-order valence-corrected chi connectivity index (χ0v) is 21.5. The highest BCUT2D eigenvalue weighted by molar-refractivity contribution is 7.09. The van der Waals surface area contributed by atoms with E-state index in [0.29, 0.717) is 13.2 Å². The summed E-state index contributed by atoms with van der Waals surface area (Å²) in [4.78, 5) is 24.8. The molecule has 6 rings (SSSR count). The number of fused-ring (bicyclic) bond motifs is 1. The number of hydrogen-bond acceptors (Lipinski definition) is 8. The van der Waals surface area contributed by atoms with E-state index in [1.54, 1.807) is 0 Å². The Hall–Kier alpha value is -2.88. The van der Waals surface area contributed by atoms with Gasteiger partial charge in [0.1, 0.15) is 11.9 Å². The average Bonchev–Trinajstić information content (AvgIpc) is 3.66. The molecule has 2 fully saturated rings. The molecule has 0 spiro atoms. The van der Waals surface area contributed by atoms with Crippen LogP contribution in [0.15, 0.2) is 42.5 Å². The van der Waals surface area contributed by atoms with Crippen LogP contribution in [0.25, 0.3) is 0 Å². The number of rotatable bonds is 6. The van der Waals surface area contributed by atoms with Crippen LogP contribution < -0.4 is 14.4 Å². The minimum absolute atomic E-state index is 0.151. The highest BCUT2D eigenvalue weighted by atomic mass is 35.5. The second-order valence-electron chi connectivity index (χ2n) is 9.44. The van der Waals surface area contributed by atoms with E-state index in [1.165, 1.54) is 17.1 Å². The molecule has 0 bridgehead atoms. The van der Waals surface area contributed by atoms with Crippen molar-refractivity contribution in [2.24, 2.45) is 0 Å². The first-order valence-corrected chi connectivity index (χ1v) is 13.5. The molecule has 0 N–H and O–H groups in total. The zero-order chi connectivity index (χ0) is 24.5. The molecule has 10 heteroatoms. The van der Waals surface area contributed by atoms with E-state index >= 15 is 0 Å². The van der Waals surface area contributed by atoms with Crippen molar-refractivity contribution >= 4 is 34.2 Å². The summed E-state index contributed by atoms with van der Waals surface area (Å²) in [5, 5.41) is 1.56. The fraction of sp³-hybridized carbons (Fsp3) is 0.423. The van der Waals surface area contributed by atoms with Gasteiger partial charge in [0.05, 0.1) is 0 Å². The Bertz CT molecular complexity index is 1230. The lowest BCUT2D eigenvalue weighted by Gasteiger charge is -2.37. The van der Waals surface area contributed by atoms with Crippen molar-refractivity contribution in [3.05, 3.63) is 64.4 Å². The largest absolute Gasteiger partial charge is 0.454 e. The first-order chi connectivity index (χ1) is 17.6. The van der Waals surface area contributed by atoms with Crippen LogP contribution in [0.1, 0.15) is 29.8 Å². The highest BCUT2D eigenvalue weighted by Crippen LogP contribution is 2.33. The molecule has 8 nitrogen and oxygen atoms in total. The van der Waals surface area contributed by atoms with Crippen LogP contribution in [0.4, 0.5) is 5.13 Å². The van der Waals surface area contributed by atoms with Gasteiger partial charge in [0, 0.05) is 62.2 Å². The fourth-order valence-electron chi connectivity index (χ4n) is 5.11. The number of halogens is 1. The quantitative estimate of drug-likeness (QED) is 0.484. The zero-order valence-electron chi connectivity index (χ0n) is 19.9. The molecule has 3 aliphatic heterocycles. The van der Waals surface area contributed by atoms with Crippen LogP contribution in [0.2, 0.25) is 5.02 Å². The minimum Gasteiger partial charge on any atom is -0.454 e. The van der Waals surface area contributed by atoms with Crippen molar-refractivity contribution in [2.45, 2.75) is 31.8 Å². The molecule has 1 amide bonds. The first kappa shape index (κ1) is 23.5. The SMILES string of the molecule is O=C(C1CCCN1c1nc(Cc2ccc(Cl)cc2)ns1)N1CCN(Cc2ccc3c(c2)OCO3)CC1. The van der Waals surface area contributed by atoms with E-state index in [2.05, 4.69) is 26.3 Å². The van der Waals surface area contributed by atoms with Gasteiger partial charge in [-0.3, -0.25) is 9.69 Å². The summed E-state index contributed by atoms with van der Waals surface area (Å²) in [5.74, 6) is 2.62. The van der Waals surface area contributed by atoms with E-state index in [4.69, 9.17) is 26.1 Å². The molecule has 2 aromatic carbocycles. The maximum absolute atomic E-state index is 13.5. The van der Waals surface area contributed by atoms with E-state index < -0.39 is 0 Å². The van der Waals surface area contributed by atoms with E-state index in [0.717, 1.165) is 85.2 Å². The van der Waals surface area contributed by atoms with Gasteiger partial charge in [-0.25, -0.2) is 4.98 Å². The smallest absolute Gasteiger partial charge is 0.245 e. The van der Waals surface area contributed by atoms with Crippen molar-refractivity contribution < 1.29 is 14.3 Å². The number of carbonyl (C=O) groups excluding carboxylic acids is 1. The van der Waals surface area contributed by atoms with E-state index in [1.807, 2.05) is 35.2 Å². The summed E-state index contributed by atoms with van der Waals surface area (Å²) in [7, 11) is 0. The summed E-state index contributed by atoms with van der Waals surface area (Å²) in [6.45, 7) is 5.18. The molecule has 188 valence electrons. The third-order valence-corrected chi connectivity index (χ3v) is 8.09. The third kappa shape index (κ3) is 5.00. The highest BCUT2D eigenvalue weighted by Gasteiger charge is 2.36. The second kappa shape index (κ2) is 10.2. The van der Waals surface area contributed by atoms with Crippen molar-refractivity contribution in [1.29, 1.82) is 0 Å². The molecule has 1 atom stereocenters. The number of aromatic nitrogens is 2. The monoisotopic (exact) mass is 525 g/mol. The lowest BCUT2D eigenvalue weighted by Crippen LogP contribution is -2.53. The Morgan fingerprint density at radius 2 is 1.78 bits per heavy atom. The first-order valence-electron chi connectivity index (χ1n) is 12.4. The van der Waals surface area contributed by atoms with Crippen LogP contribution in [0, 0.1) is 0 Å². The Labute approximate surface area is 219 Å². The van der Waals surface area contributed by atoms with Crippen LogP contribution in [-0.4, -0.2) is 70.6 Å². The van der Waals surface area contributed by atoms with Crippen LogP contribution >= 0.6 is 23.1 Å². The summed E-state index contributed by atoms with van der Waals surface area (Å²) in [6, 6.07) is 13.7. The van der Waals surface area contributed by atoms with Gasteiger partial charge in [0.25, 0.3) is 0 Å². The molecule has 1 aromatic heterocycles. The van der Waals surface area contributed by atoms with Gasteiger partial charge in [-0.2, -0.15) is 4.37 Å². The fourth-order valence-corrected chi connectivity index (χ4v) is 5.99. The number of nitrogens with zero attached hydrogens (tertiary/aromatic N) is 5. The number of carbonyl (C=O) groups is 1. The maximum Gasteiger partial charge on any atom is 0.245 e. The molecule has 0 saturated carbocycles. The van der Waals surface area contributed by atoms with Crippen LogP contribution in [-0.2, 0) is 17.8 Å². The predicted octanol–water partition coefficient (Wildman–Crippen LogP) is 3.82. The molecule has 36 heavy (non-hydrogen) atoms. The Morgan fingerprint density at radius 3 is 2.61 bits per heavy atom.